The van der Waals surface area contributed by atoms with Crippen LogP contribution in [0, 0.1) is 0 Å². The first-order valence-corrected chi connectivity index (χ1v) is 8.55. The standard InChI is InChI=1S/C17H23ClN2O3/c1-12(23-15-6-2-4-13(18)8-15)17(21)19-9-16-10-20-7-3-5-14(20)11-22-16/h2,4,6,8,12,14,16H,3,5,7,9-11H2,1H3,(H,19,21)/t12-,14+,16+/m0/s1. The lowest BCUT2D eigenvalue weighted by molar-refractivity contribution is -0.128. The Kier molecular flexibility index (Phi) is 5.41. The van der Waals surface area contributed by atoms with E-state index in [4.69, 9.17) is 21.1 Å². The van der Waals surface area contributed by atoms with E-state index >= 15 is 0 Å². The number of ether oxygens (including phenoxy) is 2. The van der Waals surface area contributed by atoms with Gasteiger partial charge in [0, 0.05) is 24.2 Å². The van der Waals surface area contributed by atoms with Gasteiger partial charge >= 0.3 is 0 Å². The summed E-state index contributed by atoms with van der Waals surface area (Å²) in [7, 11) is 0. The highest BCUT2D eigenvalue weighted by molar-refractivity contribution is 6.30. The predicted molar refractivity (Wildman–Crippen MR) is 88.9 cm³/mol. The number of nitrogens with one attached hydrogen (secondary N) is 1. The lowest BCUT2D eigenvalue weighted by Crippen LogP contribution is -2.51. The molecule has 5 nitrogen and oxygen atoms in total. The molecule has 1 aromatic rings. The van der Waals surface area contributed by atoms with Gasteiger partial charge in [-0.15, -0.1) is 0 Å². The number of hydrogen-bond acceptors (Lipinski definition) is 4. The third-order valence-electron chi connectivity index (χ3n) is 4.44. The number of fused-ring (bicyclic) bond motifs is 1. The van der Waals surface area contributed by atoms with E-state index in [0.717, 1.165) is 19.7 Å². The maximum Gasteiger partial charge on any atom is 0.260 e. The van der Waals surface area contributed by atoms with Gasteiger partial charge in [0.1, 0.15) is 5.75 Å². The van der Waals surface area contributed by atoms with Crippen molar-refractivity contribution in [1.82, 2.24) is 10.2 Å². The summed E-state index contributed by atoms with van der Waals surface area (Å²) in [6.07, 6.45) is 1.96. The van der Waals surface area contributed by atoms with Gasteiger partial charge in [-0.3, -0.25) is 9.69 Å². The molecule has 0 bridgehead atoms. The summed E-state index contributed by atoms with van der Waals surface area (Å²) in [6, 6.07) is 7.62. The Morgan fingerprint density at radius 3 is 3.26 bits per heavy atom. The van der Waals surface area contributed by atoms with Crippen molar-refractivity contribution >= 4 is 17.5 Å². The zero-order valence-electron chi connectivity index (χ0n) is 13.3. The fourth-order valence-corrected chi connectivity index (χ4v) is 3.35. The van der Waals surface area contributed by atoms with E-state index in [-0.39, 0.29) is 12.0 Å². The van der Waals surface area contributed by atoms with E-state index in [1.807, 2.05) is 0 Å². The van der Waals surface area contributed by atoms with Crippen LogP contribution in [0.15, 0.2) is 24.3 Å². The third kappa shape index (κ3) is 4.37. The SMILES string of the molecule is C[C@H](Oc1cccc(Cl)c1)C(=O)NC[C@@H]1CN2CCC[C@@H]2CO1. The number of benzene rings is 1. The van der Waals surface area contributed by atoms with Gasteiger partial charge in [0.25, 0.3) is 5.91 Å². The lowest BCUT2D eigenvalue weighted by Gasteiger charge is -2.35. The number of morpholine rings is 1. The van der Waals surface area contributed by atoms with Crippen LogP contribution in [0.25, 0.3) is 0 Å². The second-order valence-corrected chi connectivity index (χ2v) is 6.65. The molecule has 2 fully saturated rings. The fourth-order valence-electron chi connectivity index (χ4n) is 3.17. The summed E-state index contributed by atoms with van der Waals surface area (Å²) in [4.78, 5) is 14.6. The average Bonchev–Trinajstić information content (AvgIpc) is 3.00. The van der Waals surface area contributed by atoms with Crippen molar-refractivity contribution in [3.05, 3.63) is 29.3 Å². The molecule has 0 aliphatic carbocycles. The van der Waals surface area contributed by atoms with E-state index in [1.165, 1.54) is 12.8 Å². The zero-order chi connectivity index (χ0) is 16.2. The maximum atomic E-state index is 12.2. The summed E-state index contributed by atoms with van der Waals surface area (Å²) in [5, 5.41) is 3.51. The average molecular weight is 339 g/mol. The molecule has 6 heteroatoms. The van der Waals surface area contributed by atoms with Crippen molar-refractivity contribution < 1.29 is 14.3 Å². The Balaban J connectivity index is 1.43. The minimum absolute atomic E-state index is 0.0617. The topological polar surface area (TPSA) is 50.8 Å². The van der Waals surface area contributed by atoms with E-state index < -0.39 is 6.10 Å². The molecule has 0 radical (unpaired) electrons. The van der Waals surface area contributed by atoms with Gasteiger partial charge in [-0.25, -0.2) is 0 Å². The van der Waals surface area contributed by atoms with Crippen molar-refractivity contribution in [2.24, 2.45) is 0 Å². The van der Waals surface area contributed by atoms with Crippen LogP contribution in [-0.4, -0.2) is 55.3 Å². The largest absolute Gasteiger partial charge is 0.481 e. The first kappa shape index (κ1) is 16.6. The third-order valence-corrected chi connectivity index (χ3v) is 4.68. The lowest BCUT2D eigenvalue weighted by atomic mass is 10.2. The van der Waals surface area contributed by atoms with Crippen molar-refractivity contribution in [2.75, 3.05) is 26.2 Å². The van der Waals surface area contributed by atoms with Gasteiger partial charge in [-0.05, 0) is 44.5 Å². The molecule has 0 aromatic heterocycles. The van der Waals surface area contributed by atoms with Gasteiger partial charge in [-0.2, -0.15) is 0 Å². The van der Waals surface area contributed by atoms with Gasteiger partial charge in [0.05, 0.1) is 12.7 Å². The van der Waals surface area contributed by atoms with Crippen molar-refractivity contribution in [3.8, 4) is 5.75 Å². The Labute approximate surface area is 141 Å². The molecule has 1 aromatic carbocycles. The second-order valence-electron chi connectivity index (χ2n) is 6.21. The predicted octanol–water partition coefficient (Wildman–Crippen LogP) is 2.09. The number of nitrogens with zero attached hydrogens (tertiary/aromatic N) is 1. The highest BCUT2D eigenvalue weighted by Gasteiger charge is 2.32. The summed E-state index contributed by atoms with van der Waals surface area (Å²) in [5.74, 6) is 0.450. The highest BCUT2D eigenvalue weighted by Crippen LogP contribution is 2.22. The van der Waals surface area contributed by atoms with Crippen LogP contribution < -0.4 is 10.1 Å². The molecule has 2 heterocycles. The fraction of sp³-hybridized carbons (Fsp3) is 0.588. The highest BCUT2D eigenvalue weighted by atomic mass is 35.5. The molecule has 1 N–H and O–H groups in total. The van der Waals surface area contributed by atoms with Crippen LogP contribution in [0.2, 0.25) is 5.02 Å². The number of halogens is 1. The number of carbonyl (C=O) groups is 1. The molecule has 23 heavy (non-hydrogen) atoms. The van der Waals surface area contributed by atoms with Gasteiger partial charge in [0.15, 0.2) is 6.10 Å². The molecule has 2 saturated heterocycles. The Morgan fingerprint density at radius 2 is 2.43 bits per heavy atom. The zero-order valence-corrected chi connectivity index (χ0v) is 14.1. The van der Waals surface area contributed by atoms with Crippen LogP contribution >= 0.6 is 11.6 Å². The second kappa shape index (κ2) is 7.51. The normalized spacial score (nSPS) is 25.7. The molecule has 126 valence electrons. The minimum atomic E-state index is -0.573. The number of amides is 1. The van der Waals surface area contributed by atoms with E-state index in [9.17, 15) is 4.79 Å². The monoisotopic (exact) mass is 338 g/mol. The number of rotatable bonds is 5. The Bertz CT molecular complexity index is 554. The summed E-state index contributed by atoms with van der Waals surface area (Å²) >= 11 is 5.91. The van der Waals surface area contributed by atoms with Gasteiger partial charge < -0.3 is 14.8 Å². The van der Waals surface area contributed by atoms with E-state index in [1.54, 1.807) is 31.2 Å². The van der Waals surface area contributed by atoms with Crippen LogP contribution in [0.1, 0.15) is 19.8 Å². The first-order chi connectivity index (χ1) is 11.1. The minimum Gasteiger partial charge on any atom is -0.481 e. The summed E-state index contributed by atoms with van der Waals surface area (Å²) in [6.45, 7) is 5.07. The maximum absolute atomic E-state index is 12.2. The quantitative estimate of drug-likeness (QED) is 0.893. The summed E-state index contributed by atoms with van der Waals surface area (Å²) in [5.41, 5.74) is 0. The molecule has 0 unspecified atom stereocenters. The van der Waals surface area contributed by atoms with Crippen molar-refractivity contribution in [1.29, 1.82) is 0 Å². The first-order valence-electron chi connectivity index (χ1n) is 8.17. The van der Waals surface area contributed by atoms with E-state index in [2.05, 4.69) is 10.2 Å². The van der Waals surface area contributed by atoms with Gasteiger partial charge in [0.2, 0.25) is 0 Å². The van der Waals surface area contributed by atoms with Gasteiger partial charge in [-0.1, -0.05) is 17.7 Å². The molecule has 0 spiro atoms. The van der Waals surface area contributed by atoms with Crippen molar-refractivity contribution in [3.63, 3.8) is 0 Å². The molecule has 2 aliphatic rings. The summed E-state index contributed by atoms with van der Waals surface area (Å²) < 4.78 is 11.5. The molecule has 3 rings (SSSR count). The van der Waals surface area contributed by atoms with E-state index in [0.29, 0.717) is 23.4 Å². The molecular formula is C17H23ClN2O3. The number of hydrogen-bond donors (Lipinski definition) is 1. The molecular weight excluding hydrogens is 316 g/mol. The molecule has 0 saturated carbocycles. The molecule has 1 amide bonds. The van der Waals surface area contributed by atoms with Crippen molar-refractivity contribution in [2.45, 2.75) is 38.0 Å². The molecule has 2 aliphatic heterocycles. The smallest absolute Gasteiger partial charge is 0.260 e. The Morgan fingerprint density at radius 1 is 1.57 bits per heavy atom. The van der Waals surface area contributed by atoms with Crippen LogP contribution in [0.3, 0.4) is 0 Å². The Hall–Kier alpha value is -1.30. The van der Waals surface area contributed by atoms with Crippen LogP contribution in [0.4, 0.5) is 0 Å². The number of carbonyl (C=O) groups excluding carboxylic acids is 1. The van der Waals surface area contributed by atoms with Crippen LogP contribution in [0.5, 0.6) is 5.75 Å². The molecule has 3 atom stereocenters. The van der Waals surface area contributed by atoms with Crippen LogP contribution in [-0.2, 0) is 9.53 Å².